The Kier molecular flexibility index (Phi) is 6.70. The lowest BCUT2D eigenvalue weighted by Crippen LogP contribution is -2.17. The van der Waals surface area contributed by atoms with Crippen LogP contribution in [0.25, 0.3) is 10.8 Å². The number of amides is 2. The van der Waals surface area contributed by atoms with Gasteiger partial charge in [0.25, 0.3) is 11.8 Å². The van der Waals surface area contributed by atoms with Gasteiger partial charge in [-0.25, -0.2) is 5.43 Å². The number of methoxy groups -OCH3 is 1. The first-order chi connectivity index (χ1) is 16.5. The zero-order valence-corrected chi connectivity index (χ0v) is 18.7. The molecule has 0 atom stereocenters. The first-order valence-electron chi connectivity index (χ1n) is 10.1. The zero-order chi connectivity index (χ0) is 24.1. The van der Waals surface area contributed by atoms with E-state index in [4.69, 9.17) is 16.3 Å². The Labute approximate surface area is 199 Å². The number of fused-ring (bicyclic) bond motifs is 1. The van der Waals surface area contributed by atoms with Gasteiger partial charge in [0.15, 0.2) is 0 Å². The highest BCUT2D eigenvalue weighted by atomic mass is 35.5. The van der Waals surface area contributed by atoms with Gasteiger partial charge in [0.2, 0.25) is 0 Å². The molecular formula is C25H19ClN4O4. The minimum Gasteiger partial charge on any atom is -0.506 e. The highest BCUT2D eigenvalue weighted by molar-refractivity contribution is 6.32. The zero-order valence-electron chi connectivity index (χ0n) is 17.9. The van der Waals surface area contributed by atoms with Crippen molar-refractivity contribution < 1.29 is 19.4 Å². The molecule has 0 aliphatic rings. The van der Waals surface area contributed by atoms with E-state index >= 15 is 0 Å². The third-order valence-electron chi connectivity index (χ3n) is 4.96. The Hall–Kier alpha value is -4.43. The molecule has 0 radical (unpaired) electrons. The molecule has 3 aromatic carbocycles. The number of aromatic hydroxyl groups is 1. The van der Waals surface area contributed by atoms with Crippen LogP contribution in [0, 0.1) is 0 Å². The molecule has 0 unspecified atom stereocenters. The summed E-state index contributed by atoms with van der Waals surface area (Å²) in [4.78, 5) is 29.3. The number of pyridine rings is 1. The Morgan fingerprint density at radius 1 is 1.06 bits per heavy atom. The molecule has 0 aliphatic heterocycles. The fourth-order valence-corrected chi connectivity index (χ4v) is 3.44. The van der Waals surface area contributed by atoms with Crippen molar-refractivity contribution in [3.05, 3.63) is 94.8 Å². The van der Waals surface area contributed by atoms with E-state index < -0.39 is 5.91 Å². The van der Waals surface area contributed by atoms with Crippen LogP contribution in [-0.2, 0) is 0 Å². The van der Waals surface area contributed by atoms with Gasteiger partial charge in [-0.05, 0) is 41.8 Å². The Balaban J connectivity index is 1.47. The number of anilines is 1. The van der Waals surface area contributed by atoms with Crippen molar-refractivity contribution in [1.29, 1.82) is 0 Å². The van der Waals surface area contributed by atoms with Crippen molar-refractivity contribution >= 4 is 46.1 Å². The van der Waals surface area contributed by atoms with E-state index in [1.54, 1.807) is 24.4 Å². The number of aromatic nitrogens is 1. The maximum Gasteiger partial charge on any atom is 0.274 e. The van der Waals surface area contributed by atoms with Gasteiger partial charge < -0.3 is 15.2 Å². The molecule has 3 N–H and O–H groups in total. The van der Waals surface area contributed by atoms with Gasteiger partial charge in [-0.3, -0.25) is 14.6 Å². The molecule has 34 heavy (non-hydrogen) atoms. The Morgan fingerprint density at radius 3 is 2.68 bits per heavy atom. The molecule has 0 fully saturated rings. The average Bonchev–Trinajstić information content (AvgIpc) is 2.85. The maximum absolute atomic E-state index is 12.8. The summed E-state index contributed by atoms with van der Waals surface area (Å²) in [5, 5.41) is 18.0. The summed E-state index contributed by atoms with van der Waals surface area (Å²) >= 11 is 5.83. The molecule has 0 saturated heterocycles. The number of ether oxygens (including phenoxy) is 1. The number of nitrogens with one attached hydrogen (secondary N) is 2. The number of phenols is 1. The van der Waals surface area contributed by atoms with Crippen molar-refractivity contribution in [3.8, 4) is 11.5 Å². The van der Waals surface area contributed by atoms with Gasteiger partial charge >= 0.3 is 0 Å². The largest absolute Gasteiger partial charge is 0.506 e. The van der Waals surface area contributed by atoms with E-state index in [0.717, 1.165) is 10.8 Å². The van der Waals surface area contributed by atoms with Gasteiger partial charge in [0.1, 0.15) is 17.2 Å². The van der Waals surface area contributed by atoms with Crippen LogP contribution in [0.2, 0.25) is 5.02 Å². The molecule has 9 heteroatoms. The number of halogens is 1. The average molecular weight is 475 g/mol. The van der Waals surface area contributed by atoms with E-state index in [-0.39, 0.29) is 22.2 Å². The summed E-state index contributed by atoms with van der Waals surface area (Å²) in [6.45, 7) is 0. The van der Waals surface area contributed by atoms with Crippen molar-refractivity contribution in [2.24, 2.45) is 5.10 Å². The molecule has 4 aromatic rings. The summed E-state index contributed by atoms with van der Waals surface area (Å²) in [5.41, 5.74) is 4.04. The lowest BCUT2D eigenvalue weighted by Gasteiger charge is -2.10. The second-order valence-electron chi connectivity index (χ2n) is 7.16. The Morgan fingerprint density at radius 2 is 1.88 bits per heavy atom. The van der Waals surface area contributed by atoms with Crippen molar-refractivity contribution in [3.63, 3.8) is 0 Å². The van der Waals surface area contributed by atoms with Gasteiger partial charge in [0, 0.05) is 34.5 Å². The normalized spacial score (nSPS) is 10.9. The SMILES string of the molecule is COc1cc(NC(=O)c2nccc3ccccc23)ccc1C=NNC(=O)c1ccc(O)c(Cl)c1. The van der Waals surface area contributed by atoms with Crippen LogP contribution in [0.4, 0.5) is 5.69 Å². The lowest BCUT2D eigenvalue weighted by atomic mass is 10.1. The number of nitrogens with zero attached hydrogens (tertiary/aromatic N) is 2. The third kappa shape index (κ3) is 4.97. The molecule has 0 bridgehead atoms. The van der Waals surface area contributed by atoms with Crippen LogP contribution in [0.5, 0.6) is 11.5 Å². The highest BCUT2D eigenvalue weighted by Gasteiger charge is 2.13. The molecule has 170 valence electrons. The van der Waals surface area contributed by atoms with E-state index in [1.165, 1.54) is 31.5 Å². The summed E-state index contributed by atoms with van der Waals surface area (Å²) < 4.78 is 5.40. The van der Waals surface area contributed by atoms with Crippen molar-refractivity contribution in [2.75, 3.05) is 12.4 Å². The van der Waals surface area contributed by atoms with Crippen molar-refractivity contribution in [1.82, 2.24) is 10.4 Å². The molecule has 8 nitrogen and oxygen atoms in total. The standard InChI is InChI=1S/C25H19ClN4O4/c1-34-22-13-18(29-25(33)23-19-5-3-2-4-15(19)10-11-27-23)8-6-17(22)14-28-30-24(32)16-7-9-21(31)20(26)12-16/h2-14,31H,1H3,(H,29,33)(H,30,32). The first-order valence-corrected chi connectivity index (χ1v) is 10.5. The lowest BCUT2D eigenvalue weighted by molar-refractivity contribution is 0.0954. The summed E-state index contributed by atoms with van der Waals surface area (Å²) in [5.74, 6) is -0.520. The predicted octanol–water partition coefficient (Wildman–Crippen LogP) is 4.62. The van der Waals surface area contributed by atoms with Crippen LogP contribution < -0.4 is 15.5 Å². The van der Waals surface area contributed by atoms with E-state index in [9.17, 15) is 14.7 Å². The first kappa shape index (κ1) is 22.8. The predicted molar refractivity (Wildman–Crippen MR) is 131 cm³/mol. The molecule has 0 aliphatic carbocycles. The van der Waals surface area contributed by atoms with Gasteiger partial charge in [0.05, 0.1) is 18.3 Å². The quantitative estimate of drug-likeness (QED) is 0.279. The number of hydrogen-bond donors (Lipinski definition) is 3. The van der Waals surface area contributed by atoms with E-state index in [1.807, 2.05) is 30.3 Å². The minimum absolute atomic E-state index is 0.0645. The fourth-order valence-electron chi connectivity index (χ4n) is 3.26. The third-order valence-corrected chi connectivity index (χ3v) is 5.26. The molecular weight excluding hydrogens is 456 g/mol. The second-order valence-corrected chi connectivity index (χ2v) is 7.56. The van der Waals surface area contributed by atoms with Crippen LogP contribution in [-0.4, -0.2) is 35.2 Å². The molecule has 1 aromatic heterocycles. The van der Waals surface area contributed by atoms with Crippen LogP contribution in [0.3, 0.4) is 0 Å². The summed E-state index contributed by atoms with van der Waals surface area (Å²) in [7, 11) is 1.49. The molecule has 0 saturated carbocycles. The number of hydrogen-bond acceptors (Lipinski definition) is 6. The van der Waals surface area contributed by atoms with Crippen LogP contribution in [0.1, 0.15) is 26.4 Å². The van der Waals surface area contributed by atoms with Crippen molar-refractivity contribution in [2.45, 2.75) is 0 Å². The topological polar surface area (TPSA) is 113 Å². The smallest absolute Gasteiger partial charge is 0.274 e. The molecule has 1 heterocycles. The van der Waals surface area contributed by atoms with Gasteiger partial charge in [-0.15, -0.1) is 0 Å². The van der Waals surface area contributed by atoms with E-state index in [0.29, 0.717) is 22.7 Å². The second kappa shape index (κ2) is 10.0. The number of hydrazone groups is 1. The van der Waals surface area contributed by atoms with Gasteiger partial charge in [-0.2, -0.15) is 5.10 Å². The monoisotopic (exact) mass is 474 g/mol. The number of benzene rings is 3. The van der Waals surface area contributed by atoms with Crippen LogP contribution >= 0.6 is 11.6 Å². The minimum atomic E-state index is -0.497. The summed E-state index contributed by atoms with van der Waals surface area (Å²) in [6, 6.07) is 18.5. The highest BCUT2D eigenvalue weighted by Crippen LogP contribution is 2.25. The number of carbonyl (C=O) groups is 2. The maximum atomic E-state index is 12.8. The van der Waals surface area contributed by atoms with Gasteiger partial charge in [-0.1, -0.05) is 35.9 Å². The fraction of sp³-hybridized carbons (Fsp3) is 0.0400. The molecule has 0 spiro atoms. The Bertz CT molecular complexity index is 1420. The van der Waals surface area contributed by atoms with Crippen LogP contribution in [0.15, 0.2) is 78.0 Å². The summed E-state index contributed by atoms with van der Waals surface area (Å²) in [6.07, 6.45) is 3.01. The number of carbonyl (C=O) groups excluding carboxylic acids is 2. The molecule has 4 rings (SSSR count). The number of phenolic OH excluding ortho intramolecular Hbond substituents is 1. The number of rotatable bonds is 6. The molecule has 2 amide bonds. The van der Waals surface area contributed by atoms with E-state index in [2.05, 4.69) is 20.8 Å².